The van der Waals surface area contributed by atoms with Crippen molar-refractivity contribution >= 4 is 6.09 Å². The van der Waals surface area contributed by atoms with Gasteiger partial charge < -0.3 is 15.4 Å². The van der Waals surface area contributed by atoms with Crippen LogP contribution < -0.4 is 10.6 Å². The second-order valence-corrected chi connectivity index (χ2v) is 9.02. The molecule has 0 aliphatic heterocycles. The lowest BCUT2D eigenvalue weighted by Crippen LogP contribution is -2.42. The summed E-state index contributed by atoms with van der Waals surface area (Å²) in [6, 6.07) is 0.573. The number of alkyl carbamates (subject to hydrolysis) is 1. The molecule has 0 heterocycles. The van der Waals surface area contributed by atoms with Crippen LogP contribution in [0, 0.1) is 23.7 Å². The standard InChI is InChI=1S/C19H34N2O2/c1-19(2,3)23-18(22)21-11-15-5-4-6-17(15)20-12-16-10-13-7-8-14(16)9-13/h13-17,20H,4-12H2,1-3H3,(H,21,22). The maximum absolute atomic E-state index is 11.8. The highest BCUT2D eigenvalue weighted by Crippen LogP contribution is 2.48. The number of carbonyl (C=O) groups is 1. The van der Waals surface area contributed by atoms with Crippen LogP contribution in [0.15, 0.2) is 0 Å². The number of ether oxygens (including phenoxy) is 1. The van der Waals surface area contributed by atoms with Gasteiger partial charge in [0.25, 0.3) is 0 Å². The normalized spacial score (nSPS) is 36.4. The van der Waals surface area contributed by atoms with Gasteiger partial charge in [-0.3, -0.25) is 0 Å². The van der Waals surface area contributed by atoms with E-state index in [2.05, 4.69) is 10.6 Å². The van der Waals surface area contributed by atoms with Gasteiger partial charge in [0.05, 0.1) is 0 Å². The van der Waals surface area contributed by atoms with Crippen LogP contribution in [0.2, 0.25) is 0 Å². The maximum atomic E-state index is 11.8. The van der Waals surface area contributed by atoms with Gasteiger partial charge in [-0.15, -0.1) is 0 Å². The summed E-state index contributed by atoms with van der Waals surface area (Å²) in [4.78, 5) is 11.8. The zero-order valence-electron chi connectivity index (χ0n) is 15.1. The van der Waals surface area contributed by atoms with Gasteiger partial charge in [0.2, 0.25) is 0 Å². The molecular weight excluding hydrogens is 288 g/mol. The summed E-state index contributed by atoms with van der Waals surface area (Å²) in [5.74, 6) is 3.49. The molecule has 0 spiro atoms. The lowest BCUT2D eigenvalue weighted by Gasteiger charge is -2.27. The van der Waals surface area contributed by atoms with Gasteiger partial charge in [-0.2, -0.15) is 0 Å². The molecule has 3 aliphatic carbocycles. The summed E-state index contributed by atoms with van der Waals surface area (Å²) in [5.41, 5.74) is -0.417. The van der Waals surface area contributed by atoms with Gasteiger partial charge in [0, 0.05) is 12.6 Å². The number of amides is 1. The fourth-order valence-electron chi connectivity index (χ4n) is 5.01. The molecule has 0 aromatic carbocycles. The van der Waals surface area contributed by atoms with Crippen molar-refractivity contribution in [3.63, 3.8) is 0 Å². The molecule has 5 unspecified atom stereocenters. The molecule has 2 bridgehead atoms. The minimum atomic E-state index is -0.417. The summed E-state index contributed by atoms with van der Waals surface area (Å²) in [5, 5.41) is 6.80. The average Bonchev–Trinajstić information content (AvgIpc) is 3.17. The predicted octanol–water partition coefficient (Wildman–Crippen LogP) is 3.71. The van der Waals surface area contributed by atoms with Crippen molar-refractivity contribution in [2.45, 2.75) is 77.4 Å². The Balaban J connectivity index is 1.38. The van der Waals surface area contributed by atoms with E-state index in [1.165, 1.54) is 51.5 Å². The molecule has 4 nitrogen and oxygen atoms in total. The van der Waals surface area contributed by atoms with Crippen molar-refractivity contribution in [2.24, 2.45) is 23.7 Å². The number of fused-ring (bicyclic) bond motifs is 2. The monoisotopic (exact) mass is 322 g/mol. The first-order valence-electron chi connectivity index (χ1n) is 9.61. The predicted molar refractivity (Wildman–Crippen MR) is 92.3 cm³/mol. The molecule has 3 aliphatic rings. The Hall–Kier alpha value is -0.770. The second kappa shape index (κ2) is 7.00. The zero-order chi connectivity index (χ0) is 16.4. The minimum absolute atomic E-state index is 0.281. The van der Waals surface area contributed by atoms with E-state index in [0.717, 1.165) is 24.3 Å². The Bertz CT molecular complexity index is 418. The van der Waals surface area contributed by atoms with Crippen molar-refractivity contribution in [2.75, 3.05) is 13.1 Å². The van der Waals surface area contributed by atoms with Gasteiger partial charge >= 0.3 is 6.09 Å². The van der Waals surface area contributed by atoms with Gasteiger partial charge in [-0.05, 0) is 83.1 Å². The molecule has 2 N–H and O–H groups in total. The van der Waals surface area contributed by atoms with E-state index in [0.29, 0.717) is 12.0 Å². The van der Waals surface area contributed by atoms with Crippen LogP contribution in [0.3, 0.4) is 0 Å². The molecule has 0 saturated heterocycles. The highest BCUT2D eigenvalue weighted by Gasteiger charge is 2.39. The minimum Gasteiger partial charge on any atom is -0.444 e. The topological polar surface area (TPSA) is 50.4 Å². The van der Waals surface area contributed by atoms with E-state index in [1.807, 2.05) is 20.8 Å². The van der Waals surface area contributed by atoms with Crippen LogP contribution in [-0.2, 0) is 4.74 Å². The molecule has 3 rings (SSSR count). The highest BCUT2D eigenvalue weighted by atomic mass is 16.6. The summed E-state index contributed by atoms with van der Waals surface area (Å²) in [6.45, 7) is 7.64. The molecule has 4 heteroatoms. The quantitative estimate of drug-likeness (QED) is 0.811. The van der Waals surface area contributed by atoms with Crippen molar-refractivity contribution in [3.05, 3.63) is 0 Å². The van der Waals surface area contributed by atoms with Crippen molar-refractivity contribution < 1.29 is 9.53 Å². The molecule has 0 aromatic rings. The third kappa shape index (κ3) is 4.62. The van der Waals surface area contributed by atoms with Gasteiger partial charge in [0.1, 0.15) is 5.60 Å². The average molecular weight is 322 g/mol. The summed E-state index contributed by atoms with van der Waals surface area (Å²) < 4.78 is 5.34. The Labute approximate surface area is 141 Å². The molecule has 132 valence electrons. The van der Waals surface area contributed by atoms with Crippen LogP contribution in [0.25, 0.3) is 0 Å². The SMILES string of the molecule is CC(C)(C)OC(=O)NCC1CCCC1NCC1CC2CCC1C2. The van der Waals surface area contributed by atoms with E-state index < -0.39 is 5.60 Å². The van der Waals surface area contributed by atoms with E-state index >= 15 is 0 Å². The van der Waals surface area contributed by atoms with Crippen LogP contribution in [-0.4, -0.2) is 30.8 Å². The second-order valence-electron chi connectivity index (χ2n) is 9.02. The van der Waals surface area contributed by atoms with Crippen molar-refractivity contribution in [1.82, 2.24) is 10.6 Å². The van der Waals surface area contributed by atoms with Gasteiger partial charge in [0.15, 0.2) is 0 Å². The Morgan fingerprint density at radius 3 is 2.52 bits per heavy atom. The molecule has 3 fully saturated rings. The lowest BCUT2D eigenvalue weighted by molar-refractivity contribution is 0.0517. The van der Waals surface area contributed by atoms with Crippen molar-refractivity contribution in [1.29, 1.82) is 0 Å². The number of carbonyl (C=O) groups excluding carboxylic acids is 1. The van der Waals surface area contributed by atoms with E-state index in [4.69, 9.17) is 4.74 Å². The highest BCUT2D eigenvalue weighted by molar-refractivity contribution is 5.67. The van der Waals surface area contributed by atoms with Gasteiger partial charge in [-0.25, -0.2) is 4.79 Å². The van der Waals surface area contributed by atoms with Crippen LogP contribution in [0.4, 0.5) is 4.79 Å². The smallest absolute Gasteiger partial charge is 0.407 e. The van der Waals surface area contributed by atoms with Gasteiger partial charge in [-0.1, -0.05) is 12.8 Å². The number of nitrogens with one attached hydrogen (secondary N) is 2. The maximum Gasteiger partial charge on any atom is 0.407 e. The molecule has 3 saturated carbocycles. The zero-order valence-corrected chi connectivity index (χ0v) is 15.1. The number of hydrogen-bond acceptors (Lipinski definition) is 3. The summed E-state index contributed by atoms with van der Waals surface area (Å²) in [7, 11) is 0. The molecule has 1 amide bonds. The first-order chi connectivity index (χ1) is 10.9. The lowest BCUT2D eigenvalue weighted by atomic mass is 9.88. The molecular formula is C19H34N2O2. The fourth-order valence-corrected chi connectivity index (χ4v) is 5.01. The third-order valence-corrected chi connectivity index (χ3v) is 6.09. The first-order valence-corrected chi connectivity index (χ1v) is 9.61. The fraction of sp³-hybridized carbons (Fsp3) is 0.947. The molecule has 5 atom stereocenters. The Kier molecular flexibility index (Phi) is 5.19. The van der Waals surface area contributed by atoms with Crippen LogP contribution in [0.1, 0.15) is 65.7 Å². The van der Waals surface area contributed by atoms with Crippen LogP contribution in [0.5, 0.6) is 0 Å². The summed E-state index contributed by atoms with van der Waals surface area (Å²) in [6.07, 6.45) is 9.33. The Morgan fingerprint density at radius 1 is 1.04 bits per heavy atom. The number of rotatable bonds is 5. The third-order valence-electron chi connectivity index (χ3n) is 6.09. The van der Waals surface area contributed by atoms with E-state index in [-0.39, 0.29) is 6.09 Å². The number of hydrogen-bond donors (Lipinski definition) is 2. The van der Waals surface area contributed by atoms with E-state index in [1.54, 1.807) is 0 Å². The van der Waals surface area contributed by atoms with Crippen molar-refractivity contribution in [3.8, 4) is 0 Å². The first kappa shape index (κ1) is 17.1. The van der Waals surface area contributed by atoms with Crippen LogP contribution >= 0.6 is 0 Å². The summed E-state index contributed by atoms with van der Waals surface area (Å²) >= 11 is 0. The van der Waals surface area contributed by atoms with E-state index in [9.17, 15) is 4.79 Å². The molecule has 23 heavy (non-hydrogen) atoms. The Morgan fingerprint density at radius 2 is 1.87 bits per heavy atom. The molecule has 0 aromatic heterocycles. The molecule has 0 radical (unpaired) electrons. The largest absolute Gasteiger partial charge is 0.444 e.